The van der Waals surface area contributed by atoms with Gasteiger partial charge in [-0.15, -0.1) is 47.0 Å². The van der Waals surface area contributed by atoms with Crippen LogP contribution in [0.1, 0.15) is 91.5 Å². The van der Waals surface area contributed by atoms with E-state index in [-0.39, 0.29) is 25.4 Å². The molecule has 0 amide bonds. The zero-order valence-corrected chi connectivity index (χ0v) is 33.2. The molecule has 3 saturated heterocycles. The van der Waals surface area contributed by atoms with Crippen molar-refractivity contribution in [3.05, 3.63) is 35.9 Å². The first-order valence-corrected chi connectivity index (χ1v) is 23.9. The van der Waals surface area contributed by atoms with E-state index in [1.807, 2.05) is 32.0 Å². The fourth-order valence-corrected chi connectivity index (χ4v) is 14.6. The van der Waals surface area contributed by atoms with Gasteiger partial charge >= 0.3 is 0 Å². The maximum Gasteiger partial charge on any atom is 0.192 e. The molecule has 5 nitrogen and oxygen atoms in total. The van der Waals surface area contributed by atoms with Crippen molar-refractivity contribution in [3.63, 3.8) is 0 Å². The van der Waals surface area contributed by atoms with Gasteiger partial charge in [0.1, 0.15) is 0 Å². The molecule has 0 radical (unpaired) electrons. The maximum atomic E-state index is 11.3. The number of thioether (sulfide) groups is 4. The lowest BCUT2D eigenvalue weighted by Gasteiger charge is -2.47. The zero-order valence-electron chi connectivity index (χ0n) is 28.9. The molecule has 1 aromatic carbocycles. The Bertz CT molecular complexity index is 1010. The van der Waals surface area contributed by atoms with Crippen LogP contribution in [-0.2, 0) is 25.2 Å². The average molecular weight is 717 g/mol. The van der Waals surface area contributed by atoms with Gasteiger partial charge in [-0.2, -0.15) is 0 Å². The van der Waals surface area contributed by atoms with E-state index in [0.29, 0.717) is 19.8 Å². The van der Waals surface area contributed by atoms with E-state index in [1.165, 1.54) is 30.8 Å². The summed E-state index contributed by atoms with van der Waals surface area (Å²) in [6, 6.07) is 10.3. The summed E-state index contributed by atoms with van der Waals surface area (Å²) >= 11 is 8.49. The lowest BCUT2D eigenvalue weighted by Crippen LogP contribution is -2.48. The number of benzene rings is 1. The molecule has 3 fully saturated rings. The van der Waals surface area contributed by atoms with Crippen molar-refractivity contribution in [2.75, 3.05) is 36.2 Å². The predicted molar refractivity (Wildman–Crippen MR) is 201 cm³/mol. The van der Waals surface area contributed by atoms with Crippen LogP contribution in [0.25, 0.3) is 0 Å². The number of aliphatic hydroxyl groups excluding tert-OH is 1. The smallest absolute Gasteiger partial charge is 0.192 e. The first-order chi connectivity index (χ1) is 21.2. The highest BCUT2D eigenvalue weighted by Gasteiger charge is 2.46. The minimum atomic E-state index is -2.03. The molecule has 0 bridgehead atoms. The van der Waals surface area contributed by atoms with Crippen LogP contribution in [0.2, 0.25) is 18.1 Å². The lowest BCUT2D eigenvalue weighted by molar-refractivity contribution is -0.139. The van der Waals surface area contributed by atoms with Gasteiger partial charge in [0, 0.05) is 6.10 Å². The molecule has 3 heterocycles. The van der Waals surface area contributed by atoms with E-state index in [9.17, 15) is 5.11 Å². The van der Waals surface area contributed by atoms with Crippen LogP contribution >= 0.6 is 47.0 Å². The summed E-state index contributed by atoms with van der Waals surface area (Å²) < 4.78 is 25.6. The maximum absolute atomic E-state index is 11.3. The molecule has 4 rings (SSSR count). The van der Waals surface area contributed by atoms with Gasteiger partial charge in [0.25, 0.3) is 0 Å². The topological polar surface area (TPSA) is 57.2 Å². The van der Waals surface area contributed by atoms with Gasteiger partial charge in [-0.1, -0.05) is 51.1 Å². The third-order valence-corrected chi connectivity index (χ3v) is 20.9. The molecule has 3 aliphatic heterocycles. The molecule has 45 heavy (non-hydrogen) atoms. The second kappa shape index (κ2) is 17.0. The number of hydrogen-bond acceptors (Lipinski definition) is 9. The molecule has 0 aromatic heterocycles. The highest BCUT2D eigenvalue weighted by Crippen LogP contribution is 2.54. The van der Waals surface area contributed by atoms with Crippen molar-refractivity contribution in [2.45, 2.75) is 143 Å². The molecular weight excluding hydrogens is 657 g/mol. The van der Waals surface area contributed by atoms with Crippen molar-refractivity contribution in [1.29, 1.82) is 0 Å². The highest BCUT2D eigenvalue weighted by molar-refractivity contribution is 8.19. The molecular formula is C35H60O5S4Si. The fraction of sp³-hybridized carbons (Fsp3) is 0.829. The second-order valence-electron chi connectivity index (χ2n) is 15.0. The highest BCUT2D eigenvalue weighted by atomic mass is 32.2. The molecule has 0 aliphatic carbocycles. The molecule has 3 atom stereocenters. The van der Waals surface area contributed by atoms with Crippen LogP contribution < -0.4 is 0 Å². The Morgan fingerprint density at radius 2 is 1.53 bits per heavy atom. The largest absolute Gasteiger partial charge is 0.414 e. The molecule has 1 N–H and O–H groups in total. The Balaban J connectivity index is 1.47. The van der Waals surface area contributed by atoms with Crippen LogP contribution in [0.4, 0.5) is 0 Å². The molecule has 3 aliphatic rings. The summed E-state index contributed by atoms with van der Waals surface area (Å²) in [6.07, 6.45) is 8.49. The number of ether oxygens (including phenoxy) is 3. The fourth-order valence-electron chi connectivity index (χ4n) is 6.17. The number of rotatable bonds is 16. The third kappa shape index (κ3) is 12.2. The van der Waals surface area contributed by atoms with Crippen LogP contribution in [0.3, 0.4) is 0 Å². The first-order valence-electron chi connectivity index (χ1n) is 17.1. The Labute approximate surface area is 292 Å². The quantitative estimate of drug-likeness (QED) is 0.169. The van der Waals surface area contributed by atoms with E-state index in [4.69, 9.17) is 18.6 Å². The van der Waals surface area contributed by atoms with Crippen molar-refractivity contribution >= 4 is 55.4 Å². The van der Waals surface area contributed by atoms with Crippen molar-refractivity contribution in [2.24, 2.45) is 0 Å². The molecule has 0 spiro atoms. The summed E-state index contributed by atoms with van der Waals surface area (Å²) in [7, 11) is -2.03. The van der Waals surface area contributed by atoms with Crippen molar-refractivity contribution < 1.29 is 23.7 Å². The normalized spacial score (nSPS) is 24.8. The monoisotopic (exact) mass is 716 g/mol. The van der Waals surface area contributed by atoms with E-state index >= 15 is 0 Å². The third-order valence-electron chi connectivity index (χ3n) is 9.50. The Morgan fingerprint density at radius 1 is 0.933 bits per heavy atom. The molecule has 1 aromatic rings. The zero-order chi connectivity index (χ0) is 32.6. The molecule has 0 saturated carbocycles. The summed E-state index contributed by atoms with van der Waals surface area (Å²) in [5.41, 5.74) is 1.15. The summed E-state index contributed by atoms with van der Waals surface area (Å²) in [5, 5.41) is 11.5. The van der Waals surface area contributed by atoms with Gasteiger partial charge in [-0.05, 0) is 112 Å². The van der Waals surface area contributed by atoms with E-state index in [0.717, 1.165) is 49.2 Å². The van der Waals surface area contributed by atoms with Gasteiger partial charge < -0.3 is 23.7 Å². The Hall–Kier alpha value is 0.637. The second-order valence-corrected chi connectivity index (χ2v) is 26.2. The van der Waals surface area contributed by atoms with Gasteiger partial charge in [-0.25, -0.2) is 0 Å². The average Bonchev–Trinajstić information content (AvgIpc) is 3.31. The minimum Gasteiger partial charge on any atom is -0.414 e. The molecule has 0 unspecified atom stereocenters. The first kappa shape index (κ1) is 38.4. The van der Waals surface area contributed by atoms with E-state index in [1.54, 1.807) is 0 Å². The number of hydrogen-bond donors (Lipinski definition) is 1. The van der Waals surface area contributed by atoms with E-state index < -0.39 is 20.2 Å². The minimum absolute atomic E-state index is 0.0629. The summed E-state index contributed by atoms with van der Waals surface area (Å²) in [4.78, 5) is 0. The summed E-state index contributed by atoms with van der Waals surface area (Å²) in [5.74, 6) is 4.28. The SMILES string of the molecule is CC1(C)OC[C@H](CCCC2(C[C@@H](CC3(C[C@@H](O)COCc4ccccc4)SCCCS3)O[Si](C)(C)C(C)(C)C)SCCCS2)O1. The van der Waals surface area contributed by atoms with Gasteiger partial charge in [0.05, 0.1) is 40.2 Å². The Morgan fingerprint density at radius 3 is 2.11 bits per heavy atom. The van der Waals surface area contributed by atoms with Gasteiger partial charge in [0.15, 0.2) is 14.1 Å². The van der Waals surface area contributed by atoms with Crippen molar-refractivity contribution in [3.8, 4) is 0 Å². The standard InChI is InChI=1S/C35H60O5S4Si/c1-32(2,3)45(6,7)40-31(23-34(41-18-12-19-42-34)17-11-16-30-27-38-33(4,5)39-30)24-35(43-20-13-21-44-35)22-29(36)26-37-25-28-14-9-8-10-15-28/h8-10,14-15,29-31,36H,11-13,16-27H2,1-7H3/t29-,30+,31+/m1/s1. The number of aliphatic hydroxyl groups is 1. The van der Waals surface area contributed by atoms with Crippen LogP contribution in [-0.4, -0.2) is 81.9 Å². The summed E-state index contributed by atoms with van der Waals surface area (Å²) in [6.45, 7) is 17.5. The van der Waals surface area contributed by atoms with Crippen LogP contribution in [0.5, 0.6) is 0 Å². The van der Waals surface area contributed by atoms with Gasteiger partial charge in [0.2, 0.25) is 0 Å². The predicted octanol–water partition coefficient (Wildman–Crippen LogP) is 9.58. The van der Waals surface area contributed by atoms with E-state index in [2.05, 4.69) is 93.0 Å². The van der Waals surface area contributed by atoms with Crippen molar-refractivity contribution in [1.82, 2.24) is 0 Å². The molecule has 10 heteroatoms. The molecule has 258 valence electrons. The Kier molecular flexibility index (Phi) is 14.6. The van der Waals surface area contributed by atoms with Crippen LogP contribution in [0, 0.1) is 0 Å². The van der Waals surface area contributed by atoms with Crippen LogP contribution in [0.15, 0.2) is 30.3 Å². The lowest BCUT2D eigenvalue weighted by atomic mass is 10.0. The van der Waals surface area contributed by atoms with Gasteiger partial charge in [-0.3, -0.25) is 0 Å².